The van der Waals surface area contributed by atoms with Crippen molar-refractivity contribution in [3.8, 4) is 0 Å². The van der Waals surface area contributed by atoms with Crippen molar-refractivity contribution in [1.82, 2.24) is 10.3 Å². The smallest absolute Gasteiger partial charge is 0.267 e. The van der Waals surface area contributed by atoms with Crippen LogP contribution in [-0.2, 0) is 9.59 Å². The number of amides is 2. The highest BCUT2D eigenvalue weighted by molar-refractivity contribution is 6.39. The van der Waals surface area contributed by atoms with Gasteiger partial charge in [-0.3, -0.25) is 9.59 Å². The fourth-order valence-electron chi connectivity index (χ4n) is 2.02. The van der Waals surface area contributed by atoms with Crippen molar-refractivity contribution < 1.29 is 9.59 Å². The summed E-state index contributed by atoms with van der Waals surface area (Å²) in [6.07, 6.45) is 0.674. The molecule has 2 amide bonds. The molecule has 0 saturated carbocycles. The summed E-state index contributed by atoms with van der Waals surface area (Å²) in [6.45, 7) is 1.86. The monoisotopic (exact) mass is 293 g/mol. The summed E-state index contributed by atoms with van der Waals surface area (Å²) < 4.78 is 0. The number of hydrogen-bond donors (Lipinski definition) is 1. The molecular weight excluding hydrogens is 278 g/mol. The first-order chi connectivity index (χ1) is 9.49. The molecule has 0 bridgehead atoms. The van der Waals surface area contributed by atoms with E-state index < -0.39 is 0 Å². The highest BCUT2D eigenvalue weighted by atomic mass is 35.5. The zero-order valence-electron chi connectivity index (χ0n) is 11.4. The highest BCUT2D eigenvalue weighted by Gasteiger charge is 2.23. The lowest BCUT2D eigenvalue weighted by molar-refractivity contribution is -0.130. The molecule has 1 aromatic rings. The second kappa shape index (κ2) is 6.05. The molecule has 0 radical (unpaired) electrons. The molecule has 1 aliphatic rings. The molecule has 6 heteroatoms. The van der Waals surface area contributed by atoms with E-state index in [0.717, 1.165) is 5.56 Å². The van der Waals surface area contributed by atoms with Crippen LogP contribution in [0.1, 0.15) is 31.4 Å². The third kappa shape index (κ3) is 3.17. The number of nitrogens with zero attached hydrogens (tertiary/aromatic N) is 2. The van der Waals surface area contributed by atoms with Gasteiger partial charge in [-0.25, -0.2) is 5.01 Å². The van der Waals surface area contributed by atoms with Crippen molar-refractivity contribution in [3.63, 3.8) is 0 Å². The molecule has 1 aromatic carbocycles. The Kier molecular flexibility index (Phi) is 4.39. The third-order valence-electron chi connectivity index (χ3n) is 3.19. The van der Waals surface area contributed by atoms with Crippen LogP contribution < -0.4 is 5.32 Å². The molecule has 5 nitrogen and oxygen atoms in total. The van der Waals surface area contributed by atoms with Crippen LogP contribution in [0.2, 0.25) is 5.02 Å². The Morgan fingerprint density at radius 3 is 2.75 bits per heavy atom. The minimum absolute atomic E-state index is 0.0827. The predicted molar refractivity (Wildman–Crippen MR) is 77.4 cm³/mol. The Morgan fingerprint density at radius 1 is 1.40 bits per heavy atom. The standard InChI is InChI=1S/C14H16ClN3O2/c1-9(10-5-3-4-6-11(10)15)16-14(20)12-7-8-13(19)18(2)17-12/h3-6,9H,7-8H2,1-2H3,(H,16,20)/t9-/m1/s1. The molecule has 0 spiro atoms. The summed E-state index contributed by atoms with van der Waals surface area (Å²) in [4.78, 5) is 23.4. The van der Waals surface area contributed by atoms with Gasteiger partial charge in [0.25, 0.3) is 5.91 Å². The summed E-state index contributed by atoms with van der Waals surface area (Å²) in [5.74, 6) is -0.350. The third-order valence-corrected chi connectivity index (χ3v) is 3.53. The lowest BCUT2D eigenvalue weighted by Crippen LogP contribution is -2.38. The molecule has 1 N–H and O–H groups in total. The second-order valence-electron chi connectivity index (χ2n) is 4.68. The van der Waals surface area contributed by atoms with Crippen molar-refractivity contribution in [2.75, 3.05) is 7.05 Å². The number of benzene rings is 1. The lowest BCUT2D eigenvalue weighted by Gasteiger charge is -2.21. The van der Waals surface area contributed by atoms with Crippen LogP contribution in [0.4, 0.5) is 0 Å². The van der Waals surface area contributed by atoms with E-state index in [0.29, 0.717) is 23.6 Å². The first-order valence-corrected chi connectivity index (χ1v) is 6.76. The Morgan fingerprint density at radius 2 is 2.10 bits per heavy atom. The number of halogens is 1. The van der Waals surface area contributed by atoms with Gasteiger partial charge < -0.3 is 5.32 Å². The van der Waals surface area contributed by atoms with Gasteiger partial charge in [-0.05, 0) is 18.6 Å². The molecule has 1 heterocycles. The maximum absolute atomic E-state index is 12.1. The second-order valence-corrected chi connectivity index (χ2v) is 5.09. The fraction of sp³-hybridized carbons (Fsp3) is 0.357. The zero-order valence-corrected chi connectivity index (χ0v) is 12.1. The van der Waals surface area contributed by atoms with E-state index >= 15 is 0 Å². The first-order valence-electron chi connectivity index (χ1n) is 6.38. The molecule has 0 fully saturated rings. The molecule has 0 aliphatic carbocycles. The van der Waals surface area contributed by atoms with Gasteiger partial charge in [0.05, 0.1) is 6.04 Å². The van der Waals surface area contributed by atoms with E-state index in [-0.39, 0.29) is 17.9 Å². The number of hydrogen-bond acceptors (Lipinski definition) is 3. The number of nitrogens with one attached hydrogen (secondary N) is 1. The van der Waals surface area contributed by atoms with Crippen LogP contribution in [0.3, 0.4) is 0 Å². The maximum atomic E-state index is 12.1. The van der Waals surface area contributed by atoms with E-state index in [1.54, 1.807) is 13.1 Å². The molecular formula is C14H16ClN3O2. The number of carbonyl (C=O) groups excluding carboxylic acids is 2. The highest BCUT2D eigenvalue weighted by Crippen LogP contribution is 2.22. The van der Waals surface area contributed by atoms with Crippen molar-refractivity contribution in [1.29, 1.82) is 0 Å². The molecule has 0 aromatic heterocycles. The Hall–Kier alpha value is -1.88. The summed E-state index contributed by atoms with van der Waals surface area (Å²) >= 11 is 6.10. The average Bonchev–Trinajstić information content (AvgIpc) is 2.42. The Balaban J connectivity index is 2.07. The van der Waals surface area contributed by atoms with Crippen LogP contribution in [-0.4, -0.2) is 29.6 Å². The largest absolute Gasteiger partial charge is 0.344 e. The van der Waals surface area contributed by atoms with Crippen molar-refractivity contribution >= 4 is 29.1 Å². The quantitative estimate of drug-likeness (QED) is 0.928. The molecule has 0 saturated heterocycles. The van der Waals surface area contributed by atoms with E-state index in [4.69, 9.17) is 11.6 Å². The molecule has 1 atom stereocenters. The molecule has 1 aliphatic heterocycles. The normalized spacial score (nSPS) is 16.6. The molecule has 106 valence electrons. The van der Waals surface area contributed by atoms with E-state index in [2.05, 4.69) is 10.4 Å². The number of hydrazone groups is 1. The molecule has 2 rings (SSSR count). The molecule has 20 heavy (non-hydrogen) atoms. The molecule has 0 unspecified atom stereocenters. The van der Waals surface area contributed by atoms with E-state index in [9.17, 15) is 9.59 Å². The number of carbonyl (C=O) groups is 2. The van der Waals surface area contributed by atoms with Gasteiger partial charge in [-0.1, -0.05) is 29.8 Å². The van der Waals surface area contributed by atoms with Crippen molar-refractivity contribution in [3.05, 3.63) is 34.9 Å². The lowest BCUT2D eigenvalue weighted by atomic mass is 10.1. The number of rotatable bonds is 3. The zero-order chi connectivity index (χ0) is 14.7. The summed E-state index contributed by atoms with van der Waals surface area (Å²) in [6, 6.07) is 7.14. The van der Waals surface area contributed by atoms with Crippen molar-refractivity contribution in [2.24, 2.45) is 5.10 Å². The summed E-state index contributed by atoms with van der Waals surface area (Å²) in [5.41, 5.74) is 1.22. The average molecular weight is 294 g/mol. The van der Waals surface area contributed by atoms with Crippen LogP contribution >= 0.6 is 11.6 Å². The van der Waals surface area contributed by atoms with Crippen molar-refractivity contribution in [2.45, 2.75) is 25.8 Å². The Labute approximate surface area is 122 Å². The SMILES string of the molecule is C[C@@H](NC(=O)C1=NN(C)C(=O)CC1)c1ccccc1Cl. The van der Waals surface area contributed by atoms with E-state index in [1.165, 1.54) is 5.01 Å². The first kappa shape index (κ1) is 14.5. The fourth-order valence-corrected chi connectivity index (χ4v) is 2.32. The van der Waals surface area contributed by atoms with Gasteiger partial charge in [-0.15, -0.1) is 0 Å². The van der Waals surface area contributed by atoms with Crippen LogP contribution in [0.5, 0.6) is 0 Å². The minimum atomic E-state index is -0.267. The Bertz CT molecular complexity index is 571. The minimum Gasteiger partial charge on any atom is -0.344 e. The van der Waals surface area contributed by atoms with Gasteiger partial charge in [0.15, 0.2) is 0 Å². The maximum Gasteiger partial charge on any atom is 0.267 e. The van der Waals surface area contributed by atoms with Gasteiger partial charge >= 0.3 is 0 Å². The summed E-state index contributed by atoms with van der Waals surface area (Å²) in [5, 5.41) is 8.65. The van der Waals surface area contributed by atoms with Gasteiger partial charge in [-0.2, -0.15) is 5.10 Å². The summed E-state index contributed by atoms with van der Waals surface area (Å²) in [7, 11) is 1.55. The van der Waals surface area contributed by atoms with Crippen LogP contribution in [0, 0.1) is 0 Å². The van der Waals surface area contributed by atoms with Gasteiger partial charge in [0, 0.05) is 24.9 Å². The van der Waals surface area contributed by atoms with Gasteiger partial charge in [0.2, 0.25) is 5.91 Å². The van der Waals surface area contributed by atoms with Crippen LogP contribution in [0.15, 0.2) is 29.4 Å². The van der Waals surface area contributed by atoms with E-state index in [1.807, 2.05) is 25.1 Å². The predicted octanol–water partition coefficient (Wildman–Crippen LogP) is 2.13. The van der Waals surface area contributed by atoms with Crippen LogP contribution in [0.25, 0.3) is 0 Å². The topological polar surface area (TPSA) is 61.8 Å². The van der Waals surface area contributed by atoms with Gasteiger partial charge in [0.1, 0.15) is 5.71 Å².